The maximum absolute atomic E-state index is 12.8. The average Bonchev–Trinajstić information content (AvgIpc) is 3.24. The zero-order chi connectivity index (χ0) is 18.4. The Morgan fingerprint density at radius 2 is 1.62 bits per heavy atom. The van der Waals surface area contributed by atoms with Gasteiger partial charge in [0.2, 0.25) is 0 Å². The van der Waals surface area contributed by atoms with Crippen molar-refractivity contribution in [2.75, 3.05) is 23.3 Å². The van der Waals surface area contributed by atoms with Crippen LogP contribution < -0.4 is 10.2 Å². The smallest absolute Gasteiger partial charge is 0.256 e. The number of aromatic nitrogens is 1. The summed E-state index contributed by atoms with van der Waals surface area (Å²) in [4.78, 5) is 19.8. The van der Waals surface area contributed by atoms with Gasteiger partial charge in [-0.3, -0.25) is 4.79 Å². The molecule has 0 radical (unpaired) electrons. The number of fused-ring (bicyclic) bond motifs is 1. The number of anilines is 2. The van der Waals surface area contributed by atoms with Gasteiger partial charge in [-0.2, -0.15) is 0 Å². The molecule has 0 spiro atoms. The molecule has 0 saturated carbocycles. The van der Waals surface area contributed by atoms with Crippen LogP contribution in [0.15, 0.2) is 60.7 Å². The summed E-state index contributed by atoms with van der Waals surface area (Å²) in [5, 5.41) is 3.87. The minimum atomic E-state index is -0.0970. The summed E-state index contributed by atoms with van der Waals surface area (Å²) >= 11 is 0. The lowest BCUT2D eigenvalue weighted by Gasteiger charge is -2.18. The fourth-order valence-electron chi connectivity index (χ4n) is 3.18. The highest BCUT2D eigenvalue weighted by Gasteiger charge is 2.18. The molecule has 0 bridgehead atoms. The van der Waals surface area contributed by atoms with Crippen molar-refractivity contribution in [3.63, 3.8) is 0 Å². The fraction of sp³-hybridized carbons (Fsp3) is 0.273. The van der Waals surface area contributed by atoms with Crippen molar-refractivity contribution < 1.29 is 4.79 Å². The Bertz CT molecular complexity index is 871. The molecule has 26 heavy (non-hydrogen) atoms. The van der Waals surface area contributed by atoms with Crippen LogP contribution in [0.2, 0.25) is 0 Å². The molecule has 1 saturated heterocycles. The van der Waals surface area contributed by atoms with E-state index in [-0.39, 0.29) is 5.91 Å². The molecule has 3 aromatic rings. The van der Waals surface area contributed by atoms with E-state index in [0.717, 1.165) is 35.5 Å². The van der Waals surface area contributed by atoms with Gasteiger partial charge in [0.15, 0.2) is 0 Å². The van der Waals surface area contributed by atoms with Gasteiger partial charge < -0.3 is 10.2 Å². The number of amides is 1. The molecule has 1 N–H and O–H groups in total. The Morgan fingerprint density at radius 3 is 2.35 bits per heavy atom. The Hall–Kier alpha value is -2.88. The SMILES string of the molecule is CC.O=C(Nc1ccccc1)c1cc(N2CCCC2)nc2ccccc12. The molecule has 4 nitrogen and oxygen atoms in total. The van der Waals surface area contributed by atoms with Crippen molar-refractivity contribution in [1.82, 2.24) is 4.98 Å². The Balaban J connectivity index is 0.000000948. The number of carbonyl (C=O) groups excluding carboxylic acids is 1. The Kier molecular flexibility index (Phi) is 5.84. The molecular formula is C22H25N3O. The Labute approximate surface area is 154 Å². The molecule has 1 fully saturated rings. The van der Waals surface area contributed by atoms with Crippen molar-refractivity contribution in [3.8, 4) is 0 Å². The van der Waals surface area contributed by atoms with Crippen LogP contribution in [0.1, 0.15) is 37.0 Å². The number of para-hydroxylation sites is 2. The van der Waals surface area contributed by atoms with Crippen LogP contribution in [0.4, 0.5) is 11.5 Å². The molecule has 0 atom stereocenters. The van der Waals surface area contributed by atoms with E-state index >= 15 is 0 Å². The van der Waals surface area contributed by atoms with E-state index in [9.17, 15) is 4.79 Å². The van der Waals surface area contributed by atoms with Gasteiger partial charge in [-0.1, -0.05) is 50.2 Å². The van der Waals surface area contributed by atoms with Gasteiger partial charge in [0, 0.05) is 24.2 Å². The van der Waals surface area contributed by atoms with E-state index in [4.69, 9.17) is 4.98 Å². The second kappa shape index (κ2) is 8.48. The summed E-state index contributed by atoms with van der Waals surface area (Å²) in [7, 11) is 0. The van der Waals surface area contributed by atoms with Crippen molar-refractivity contribution in [3.05, 3.63) is 66.2 Å². The molecule has 1 aliphatic heterocycles. The normalized spacial score (nSPS) is 13.2. The van der Waals surface area contributed by atoms with Crippen LogP contribution in [-0.4, -0.2) is 24.0 Å². The maximum Gasteiger partial charge on any atom is 0.256 e. The van der Waals surface area contributed by atoms with E-state index in [1.807, 2.05) is 74.5 Å². The van der Waals surface area contributed by atoms with Crippen LogP contribution in [0.3, 0.4) is 0 Å². The standard InChI is InChI=1S/C20H19N3O.C2H6/c24-20(21-15-8-2-1-3-9-15)17-14-19(23-12-6-7-13-23)22-18-11-5-4-10-16(17)18;1-2/h1-5,8-11,14H,6-7,12-13H2,(H,21,24);1-2H3. The number of nitrogens with zero attached hydrogens (tertiary/aromatic N) is 2. The van der Waals surface area contributed by atoms with Crippen LogP contribution in [0.5, 0.6) is 0 Å². The second-order valence-electron chi connectivity index (χ2n) is 6.06. The summed E-state index contributed by atoms with van der Waals surface area (Å²) in [6, 6.07) is 19.3. The molecular weight excluding hydrogens is 322 g/mol. The largest absolute Gasteiger partial charge is 0.357 e. The number of carbonyl (C=O) groups is 1. The Morgan fingerprint density at radius 1 is 0.962 bits per heavy atom. The minimum absolute atomic E-state index is 0.0970. The summed E-state index contributed by atoms with van der Waals surface area (Å²) in [5.41, 5.74) is 2.33. The molecule has 2 heterocycles. The lowest BCUT2D eigenvalue weighted by molar-refractivity contribution is 0.102. The highest BCUT2D eigenvalue weighted by molar-refractivity contribution is 6.13. The van der Waals surface area contributed by atoms with Crippen molar-refractivity contribution >= 4 is 28.3 Å². The van der Waals surface area contributed by atoms with Crippen molar-refractivity contribution in [2.45, 2.75) is 26.7 Å². The highest BCUT2D eigenvalue weighted by atomic mass is 16.1. The van der Waals surface area contributed by atoms with Gasteiger partial charge in [0.05, 0.1) is 11.1 Å². The van der Waals surface area contributed by atoms with E-state index in [2.05, 4.69) is 10.2 Å². The fourth-order valence-corrected chi connectivity index (χ4v) is 3.18. The van der Waals surface area contributed by atoms with E-state index < -0.39 is 0 Å². The average molecular weight is 347 g/mol. The van der Waals surface area contributed by atoms with E-state index in [0.29, 0.717) is 5.56 Å². The van der Waals surface area contributed by atoms with Gasteiger partial charge in [-0.05, 0) is 37.1 Å². The maximum atomic E-state index is 12.8. The van der Waals surface area contributed by atoms with Crippen LogP contribution in [0, 0.1) is 0 Å². The minimum Gasteiger partial charge on any atom is -0.357 e. The van der Waals surface area contributed by atoms with Gasteiger partial charge >= 0.3 is 0 Å². The van der Waals surface area contributed by atoms with Crippen molar-refractivity contribution in [2.24, 2.45) is 0 Å². The van der Waals surface area contributed by atoms with Gasteiger partial charge in [0.1, 0.15) is 5.82 Å². The summed E-state index contributed by atoms with van der Waals surface area (Å²) in [5.74, 6) is 0.796. The number of pyridine rings is 1. The second-order valence-corrected chi connectivity index (χ2v) is 6.06. The third-order valence-electron chi connectivity index (χ3n) is 4.41. The van der Waals surface area contributed by atoms with Gasteiger partial charge in [0.25, 0.3) is 5.91 Å². The molecule has 1 amide bonds. The lowest BCUT2D eigenvalue weighted by Crippen LogP contribution is -2.20. The first-order chi connectivity index (χ1) is 12.8. The van der Waals surface area contributed by atoms with E-state index in [1.165, 1.54) is 12.8 Å². The monoisotopic (exact) mass is 347 g/mol. The first-order valence-corrected chi connectivity index (χ1v) is 9.32. The lowest BCUT2D eigenvalue weighted by atomic mass is 10.1. The summed E-state index contributed by atoms with van der Waals surface area (Å²) < 4.78 is 0. The van der Waals surface area contributed by atoms with Crippen LogP contribution in [-0.2, 0) is 0 Å². The number of hydrogen-bond donors (Lipinski definition) is 1. The number of rotatable bonds is 3. The molecule has 4 rings (SSSR count). The van der Waals surface area contributed by atoms with Crippen LogP contribution >= 0.6 is 0 Å². The number of nitrogens with one attached hydrogen (secondary N) is 1. The zero-order valence-electron chi connectivity index (χ0n) is 15.4. The van der Waals surface area contributed by atoms with E-state index in [1.54, 1.807) is 0 Å². The summed E-state index contributed by atoms with van der Waals surface area (Å²) in [6.07, 6.45) is 2.36. The number of hydrogen-bond acceptors (Lipinski definition) is 3. The first kappa shape index (κ1) is 17.9. The van der Waals surface area contributed by atoms with Gasteiger partial charge in [-0.15, -0.1) is 0 Å². The molecule has 0 unspecified atom stereocenters. The number of benzene rings is 2. The summed E-state index contributed by atoms with van der Waals surface area (Å²) in [6.45, 7) is 6.01. The molecule has 134 valence electrons. The molecule has 2 aromatic carbocycles. The first-order valence-electron chi connectivity index (χ1n) is 9.32. The highest BCUT2D eigenvalue weighted by Crippen LogP contribution is 2.26. The third kappa shape index (κ3) is 3.85. The van der Waals surface area contributed by atoms with Crippen LogP contribution in [0.25, 0.3) is 10.9 Å². The quantitative estimate of drug-likeness (QED) is 0.716. The predicted octanol–water partition coefficient (Wildman–Crippen LogP) is 5.11. The molecule has 4 heteroatoms. The molecule has 1 aromatic heterocycles. The molecule has 0 aliphatic carbocycles. The zero-order valence-corrected chi connectivity index (χ0v) is 15.4. The van der Waals surface area contributed by atoms with Gasteiger partial charge in [-0.25, -0.2) is 4.98 Å². The topological polar surface area (TPSA) is 45.2 Å². The predicted molar refractivity (Wildman–Crippen MR) is 109 cm³/mol. The third-order valence-corrected chi connectivity index (χ3v) is 4.41. The molecule has 1 aliphatic rings. The van der Waals surface area contributed by atoms with Crippen molar-refractivity contribution in [1.29, 1.82) is 0 Å².